The summed E-state index contributed by atoms with van der Waals surface area (Å²) in [7, 11) is 1.53. The van der Waals surface area contributed by atoms with Gasteiger partial charge in [-0.25, -0.2) is 13.8 Å². The van der Waals surface area contributed by atoms with Crippen LogP contribution in [-0.4, -0.2) is 28.7 Å². The molecule has 1 heterocycles. The van der Waals surface area contributed by atoms with E-state index in [0.717, 1.165) is 11.3 Å². The normalized spacial score (nSPS) is 11.0. The van der Waals surface area contributed by atoms with Gasteiger partial charge in [0.2, 0.25) is 11.8 Å². The van der Waals surface area contributed by atoms with E-state index in [0.29, 0.717) is 5.69 Å². The van der Waals surface area contributed by atoms with Gasteiger partial charge >= 0.3 is 0 Å². The van der Waals surface area contributed by atoms with Crippen LogP contribution in [0.2, 0.25) is 5.02 Å². The van der Waals surface area contributed by atoms with Crippen LogP contribution >= 0.6 is 22.9 Å². The predicted octanol–water partition coefficient (Wildman–Crippen LogP) is 5.43. The average molecular weight is 462 g/mol. The number of thiazole rings is 1. The number of benzene rings is 2. The van der Waals surface area contributed by atoms with Crippen molar-refractivity contribution in [2.45, 2.75) is 13.5 Å². The standard InChI is InChI=1S/C22H18ClF2N3O2S/c1-14(29)28(20-9-4-3-7-19(20)25)22-26-15(13-31-22)10-11-21(30)27(2)12-16-17(23)6-5-8-18(16)24/h3-11,13H,12H2,1-2H3/b11-10+. The topological polar surface area (TPSA) is 53.5 Å². The fraction of sp³-hybridized carbons (Fsp3) is 0.136. The SMILES string of the molecule is CC(=O)N(c1nc(/C=C/C(=O)N(C)Cc2c(F)cccc2Cl)cs1)c1ccccc1F. The molecule has 2 aromatic carbocycles. The largest absolute Gasteiger partial charge is 0.338 e. The van der Waals surface area contributed by atoms with E-state index >= 15 is 0 Å². The van der Waals surface area contributed by atoms with Crippen LogP contribution < -0.4 is 4.90 Å². The van der Waals surface area contributed by atoms with Crippen molar-refractivity contribution < 1.29 is 18.4 Å². The highest BCUT2D eigenvalue weighted by Crippen LogP contribution is 2.31. The van der Waals surface area contributed by atoms with Gasteiger partial charge in [0, 0.05) is 42.6 Å². The monoisotopic (exact) mass is 461 g/mol. The van der Waals surface area contributed by atoms with Crippen LogP contribution in [0.4, 0.5) is 19.6 Å². The molecule has 3 aromatic rings. The lowest BCUT2D eigenvalue weighted by molar-refractivity contribution is -0.125. The van der Waals surface area contributed by atoms with Gasteiger partial charge in [-0.3, -0.25) is 14.5 Å². The minimum atomic E-state index is -0.548. The molecule has 0 aliphatic heterocycles. The minimum Gasteiger partial charge on any atom is -0.338 e. The molecule has 0 spiro atoms. The van der Waals surface area contributed by atoms with Gasteiger partial charge in [0.1, 0.15) is 11.6 Å². The Bertz CT molecular complexity index is 1130. The van der Waals surface area contributed by atoms with Crippen LogP contribution in [0.15, 0.2) is 53.9 Å². The van der Waals surface area contributed by atoms with E-state index in [-0.39, 0.29) is 33.9 Å². The summed E-state index contributed by atoms with van der Waals surface area (Å²) in [4.78, 5) is 31.3. The number of likely N-dealkylation sites (N-methyl/N-ethyl adjacent to an activating group) is 1. The van der Waals surface area contributed by atoms with Crippen molar-refractivity contribution in [2.24, 2.45) is 0 Å². The number of nitrogens with zero attached hydrogens (tertiary/aromatic N) is 3. The quantitative estimate of drug-likeness (QED) is 0.460. The number of carbonyl (C=O) groups is 2. The Hall–Kier alpha value is -3.10. The van der Waals surface area contributed by atoms with Crippen molar-refractivity contribution in [1.29, 1.82) is 0 Å². The van der Waals surface area contributed by atoms with Gasteiger partial charge in [-0.2, -0.15) is 0 Å². The molecule has 0 aliphatic carbocycles. The number of rotatable bonds is 6. The summed E-state index contributed by atoms with van der Waals surface area (Å²) in [5.74, 6) is -1.81. The molecule has 0 atom stereocenters. The molecule has 0 radical (unpaired) electrons. The Balaban J connectivity index is 1.74. The Morgan fingerprint density at radius 2 is 1.84 bits per heavy atom. The number of aromatic nitrogens is 1. The first-order valence-electron chi connectivity index (χ1n) is 9.14. The number of hydrogen-bond donors (Lipinski definition) is 0. The molecular formula is C22H18ClF2N3O2S. The number of carbonyl (C=O) groups excluding carboxylic acids is 2. The van der Waals surface area contributed by atoms with Gasteiger partial charge in [0.05, 0.1) is 11.4 Å². The zero-order valence-corrected chi connectivity index (χ0v) is 18.3. The molecule has 0 aliphatic rings. The van der Waals surface area contributed by atoms with Gasteiger partial charge in [0.25, 0.3) is 0 Å². The molecule has 0 unspecified atom stereocenters. The summed E-state index contributed by atoms with van der Waals surface area (Å²) < 4.78 is 28.1. The molecule has 0 N–H and O–H groups in total. The molecule has 9 heteroatoms. The van der Waals surface area contributed by atoms with Gasteiger partial charge in [-0.15, -0.1) is 11.3 Å². The number of hydrogen-bond acceptors (Lipinski definition) is 4. The number of para-hydroxylation sites is 1. The van der Waals surface area contributed by atoms with Crippen LogP contribution in [0.1, 0.15) is 18.2 Å². The first-order valence-corrected chi connectivity index (χ1v) is 10.4. The Labute approximate surface area is 187 Å². The first-order chi connectivity index (χ1) is 14.8. The van der Waals surface area contributed by atoms with Crippen LogP contribution in [0.3, 0.4) is 0 Å². The van der Waals surface area contributed by atoms with Crippen LogP contribution in [0.25, 0.3) is 6.08 Å². The number of amides is 2. The average Bonchev–Trinajstić information content (AvgIpc) is 3.18. The Morgan fingerprint density at radius 3 is 2.52 bits per heavy atom. The Morgan fingerprint density at radius 1 is 1.13 bits per heavy atom. The lowest BCUT2D eigenvalue weighted by atomic mass is 10.2. The zero-order valence-electron chi connectivity index (χ0n) is 16.7. The van der Waals surface area contributed by atoms with Crippen LogP contribution in [0, 0.1) is 11.6 Å². The van der Waals surface area contributed by atoms with Gasteiger partial charge < -0.3 is 4.90 Å². The van der Waals surface area contributed by atoms with Crippen molar-refractivity contribution in [3.05, 3.63) is 81.8 Å². The van der Waals surface area contributed by atoms with Crippen molar-refractivity contribution in [2.75, 3.05) is 11.9 Å². The third-order valence-corrected chi connectivity index (χ3v) is 5.54. The van der Waals surface area contributed by atoms with E-state index in [1.807, 2.05) is 0 Å². The molecule has 3 rings (SSSR count). The minimum absolute atomic E-state index is 0.00237. The predicted molar refractivity (Wildman–Crippen MR) is 118 cm³/mol. The van der Waals surface area contributed by atoms with E-state index in [2.05, 4.69) is 4.98 Å². The Kier molecular flexibility index (Phi) is 7.14. The second-order valence-electron chi connectivity index (χ2n) is 6.59. The fourth-order valence-corrected chi connectivity index (χ4v) is 3.85. The third kappa shape index (κ3) is 5.34. The maximum Gasteiger partial charge on any atom is 0.246 e. The second kappa shape index (κ2) is 9.80. The molecule has 0 saturated heterocycles. The first kappa shape index (κ1) is 22.6. The van der Waals surface area contributed by atoms with E-state index in [1.54, 1.807) is 17.5 Å². The van der Waals surface area contributed by atoms with Crippen molar-refractivity contribution in [3.8, 4) is 0 Å². The maximum atomic E-state index is 14.2. The lowest BCUT2D eigenvalue weighted by Gasteiger charge is -2.18. The van der Waals surface area contributed by atoms with E-state index < -0.39 is 17.5 Å². The van der Waals surface area contributed by atoms with Crippen LogP contribution in [0.5, 0.6) is 0 Å². The summed E-state index contributed by atoms with van der Waals surface area (Å²) in [6.45, 7) is 1.32. The molecule has 0 bridgehead atoms. The second-order valence-corrected chi connectivity index (χ2v) is 7.83. The van der Waals surface area contributed by atoms with Crippen molar-refractivity contribution >= 4 is 51.6 Å². The van der Waals surface area contributed by atoms with E-state index in [9.17, 15) is 18.4 Å². The zero-order chi connectivity index (χ0) is 22.5. The number of halogens is 3. The molecule has 5 nitrogen and oxygen atoms in total. The summed E-state index contributed by atoms with van der Waals surface area (Å²) in [5.41, 5.74) is 0.747. The van der Waals surface area contributed by atoms with Crippen molar-refractivity contribution in [1.82, 2.24) is 9.88 Å². The highest BCUT2D eigenvalue weighted by atomic mass is 35.5. The highest BCUT2D eigenvalue weighted by molar-refractivity contribution is 7.14. The van der Waals surface area contributed by atoms with E-state index in [1.165, 1.54) is 66.3 Å². The summed E-state index contributed by atoms with van der Waals surface area (Å²) in [6, 6.07) is 10.2. The summed E-state index contributed by atoms with van der Waals surface area (Å²) in [6.07, 6.45) is 2.76. The van der Waals surface area contributed by atoms with Gasteiger partial charge in [-0.1, -0.05) is 29.8 Å². The molecule has 2 amide bonds. The summed E-state index contributed by atoms with van der Waals surface area (Å²) in [5, 5.41) is 2.16. The number of anilines is 2. The molecule has 0 fully saturated rings. The van der Waals surface area contributed by atoms with Crippen molar-refractivity contribution in [3.63, 3.8) is 0 Å². The van der Waals surface area contributed by atoms with Gasteiger partial charge in [-0.05, 0) is 30.3 Å². The molecular weight excluding hydrogens is 444 g/mol. The third-order valence-electron chi connectivity index (χ3n) is 4.34. The lowest BCUT2D eigenvalue weighted by Crippen LogP contribution is -2.24. The molecule has 160 valence electrons. The van der Waals surface area contributed by atoms with E-state index in [4.69, 9.17) is 11.6 Å². The molecule has 31 heavy (non-hydrogen) atoms. The maximum absolute atomic E-state index is 14.2. The highest BCUT2D eigenvalue weighted by Gasteiger charge is 2.20. The molecule has 1 aromatic heterocycles. The van der Waals surface area contributed by atoms with Gasteiger partial charge in [0.15, 0.2) is 5.13 Å². The molecule has 0 saturated carbocycles. The smallest absolute Gasteiger partial charge is 0.246 e. The summed E-state index contributed by atoms with van der Waals surface area (Å²) >= 11 is 7.15. The fourth-order valence-electron chi connectivity index (χ4n) is 2.78. The van der Waals surface area contributed by atoms with Crippen LogP contribution in [-0.2, 0) is 16.1 Å².